The fraction of sp³-hybridized carbons (Fsp3) is 0.133. The number of hydrogen-bond donors (Lipinski definition) is 1. The summed E-state index contributed by atoms with van der Waals surface area (Å²) in [6.45, 7) is -0.0688. The smallest absolute Gasteiger partial charge is 0.255 e. The lowest BCUT2D eigenvalue weighted by Crippen LogP contribution is -2.29. The molecule has 2 aromatic carbocycles. The van der Waals surface area contributed by atoms with Crippen LogP contribution in [0.2, 0.25) is 5.02 Å². The molecule has 0 heterocycles. The summed E-state index contributed by atoms with van der Waals surface area (Å²) in [5.74, 6) is -3.14. The van der Waals surface area contributed by atoms with Gasteiger partial charge >= 0.3 is 0 Å². The molecule has 7 heteroatoms. The maximum Gasteiger partial charge on any atom is 0.255 e. The van der Waals surface area contributed by atoms with Crippen LogP contribution in [0, 0.1) is 17.5 Å². The summed E-state index contributed by atoms with van der Waals surface area (Å²) in [6, 6.07) is 6.77. The summed E-state index contributed by atoms with van der Waals surface area (Å²) in [6.07, 6.45) is 0. The first-order valence-electron chi connectivity index (χ1n) is 6.29. The molecule has 0 unspecified atom stereocenters. The quantitative estimate of drug-likeness (QED) is 0.852. The van der Waals surface area contributed by atoms with Gasteiger partial charge in [-0.3, -0.25) is 4.79 Å². The molecule has 1 amide bonds. The van der Waals surface area contributed by atoms with Crippen molar-refractivity contribution in [2.45, 2.75) is 0 Å². The minimum atomic E-state index is -0.844. The van der Waals surface area contributed by atoms with Gasteiger partial charge in [-0.05, 0) is 24.3 Å². The molecule has 0 aliphatic rings. The van der Waals surface area contributed by atoms with E-state index in [0.29, 0.717) is 6.07 Å². The molecule has 3 nitrogen and oxygen atoms in total. The van der Waals surface area contributed by atoms with E-state index in [4.69, 9.17) is 16.3 Å². The number of carbonyl (C=O) groups excluding carboxylic acids is 1. The van der Waals surface area contributed by atoms with E-state index >= 15 is 0 Å². The summed E-state index contributed by atoms with van der Waals surface area (Å²) in [7, 11) is 0. The third-order valence-corrected chi connectivity index (χ3v) is 3.04. The molecule has 0 spiro atoms. The number of halogens is 4. The van der Waals surface area contributed by atoms with E-state index in [2.05, 4.69) is 5.32 Å². The zero-order valence-corrected chi connectivity index (χ0v) is 12.0. The van der Waals surface area contributed by atoms with Crippen molar-refractivity contribution in [1.29, 1.82) is 0 Å². The topological polar surface area (TPSA) is 38.3 Å². The fourth-order valence-corrected chi connectivity index (χ4v) is 1.97. The van der Waals surface area contributed by atoms with Crippen LogP contribution in [0.3, 0.4) is 0 Å². The summed E-state index contributed by atoms with van der Waals surface area (Å²) in [5, 5.41) is 2.39. The van der Waals surface area contributed by atoms with Crippen molar-refractivity contribution in [3.63, 3.8) is 0 Å². The molecule has 0 saturated heterocycles. The normalized spacial score (nSPS) is 10.4. The van der Waals surface area contributed by atoms with Gasteiger partial charge in [-0.1, -0.05) is 17.7 Å². The zero-order valence-electron chi connectivity index (χ0n) is 11.2. The summed E-state index contributed by atoms with van der Waals surface area (Å²) in [4.78, 5) is 11.8. The maximum atomic E-state index is 13.5. The first kappa shape index (κ1) is 16.2. The van der Waals surface area contributed by atoms with Gasteiger partial charge in [0.2, 0.25) is 0 Å². The average molecular weight is 330 g/mol. The molecule has 116 valence electrons. The van der Waals surface area contributed by atoms with Crippen LogP contribution < -0.4 is 10.1 Å². The molecule has 0 fully saturated rings. The Morgan fingerprint density at radius 3 is 2.59 bits per heavy atom. The molecule has 1 N–H and O–H groups in total. The van der Waals surface area contributed by atoms with E-state index < -0.39 is 23.4 Å². The molecular weight excluding hydrogens is 319 g/mol. The Balaban J connectivity index is 1.87. The SMILES string of the molecule is O=C(NCCOc1ccc(F)cc1F)c1c(F)cccc1Cl. The maximum absolute atomic E-state index is 13.5. The summed E-state index contributed by atoms with van der Waals surface area (Å²) >= 11 is 5.75. The molecule has 22 heavy (non-hydrogen) atoms. The van der Waals surface area contributed by atoms with Crippen molar-refractivity contribution in [2.24, 2.45) is 0 Å². The second kappa shape index (κ2) is 7.17. The van der Waals surface area contributed by atoms with E-state index in [1.165, 1.54) is 12.1 Å². The van der Waals surface area contributed by atoms with Crippen LogP contribution in [0.15, 0.2) is 36.4 Å². The van der Waals surface area contributed by atoms with Crippen molar-refractivity contribution in [1.82, 2.24) is 5.32 Å². The van der Waals surface area contributed by atoms with Crippen LogP contribution in [-0.4, -0.2) is 19.1 Å². The number of benzene rings is 2. The van der Waals surface area contributed by atoms with E-state index in [-0.39, 0.29) is 29.5 Å². The van der Waals surface area contributed by atoms with Gasteiger partial charge in [0.1, 0.15) is 18.2 Å². The minimum absolute atomic E-state index is 0.000310. The van der Waals surface area contributed by atoms with Gasteiger partial charge in [-0.25, -0.2) is 13.2 Å². The third-order valence-electron chi connectivity index (χ3n) is 2.73. The van der Waals surface area contributed by atoms with Crippen LogP contribution in [0.25, 0.3) is 0 Å². The van der Waals surface area contributed by atoms with Gasteiger partial charge in [0.25, 0.3) is 5.91 Å². The molecule has 0 aliphatic carbocycles. The second-order valence-corrected chi connectivity index (χ2v) is 4.68. The Morgan fingerprint density at radius 1 is 1.14 bits per heavy atom. The third kappa shape index (κ3) is 3.92. The monoisotopic (exact) mass is 329 g/mol. The number of hydrogen-bond acceptors (Lipinski definition) is 2. The van der Waals surface area contributed by atoms with Gasteiger partial charge in [0, 0.05) is 6.07 Å². The van der Waals surface area contributed by atoms with Crippen molar-refractivity contribution >= 4 is 17.5 Å². The number of rotatable bonds is 5. The Morgan fingerprint density at radius 2 is 1.91 bits per heavy atom. The van der Waals surface area contributed by atoms with Gasteiger partial charge in [0.15, 0.2) is 11.6 Å². The molecule has 2 aromatic rings. The number of amides is 1. The van der Waals surface area contributed by atoms with Crippen LogP contribution >= 0.6 is 11.6 Å². The van der Waals surface area contributed by atoms with Gasteiger partial charge in [-0.2, -0.15) is 0 Å². The van der Waals surface area contributed by atoms with Crippen LogP contribution in [-0.2, 0) is 0 Å². The zero-order chi connectivity index (χ0) is 16.1. The van der Waals surface area contributed by atoms with Gasteiger partial charge < -0.3 is 10.1 Å². The number of nitrogens with one attached hydrogen (secondary N) is 1. The first-order valence-corrected chi connectivity index (χ1v) is 6.67. The van der Waals surface area contributed by atoms with Crippen molar-refractivity contribution < 1.29 is 22.7 Å². The largest absolute Gasteiger partial charge is 0.489 e. The molecule has 0 aromatic heterocycles. The Bertz CT molecular complexity index is 674. The molecular formula is C15H11ClF3NO2. The van der Waals surface area contributed by atoms with Crippen LogP contribution in [0.4, 0.5) is 13.2 Å². The molecule has 2 rings (SSSR count). The predicted molar refractivity (Wildman–Crippen MR) is 75.6 cm³/mol. The molecule has 0 aliphatic heterocycles. The predicted octanol–water partition coefficient (Wildman–Crippen LogP) is 3.57. The molecule has 0 bridgehead atoms. The van der Waals surface area contributed by atoms with E-state index in [9.17, 15) is 18.0 Å². The van der Waals surface area contributed by atoms with E-state index in [1.54, 1.807) is 0 Å². The first-order chi connectivity index (χ1) is 10.5. The van der Waals surface area contributed by atoms with Gasteiger partial charge in [-0.15, -0.1) is 0 Å². The highest BCUT2D eigenvalue weighted by atomic mass is 35.5. The Hall–Kier alpha value is -2.21. The second-order valence-electron chi connectivity index (χ2n) is 4.28. The standard InChI is InChI=1S/C15H11ClF3NO2/c16-10-2-1-3-11(18)14(10)15(21)20-6-7-22-13-5-4-9(17)8-12(13)19/h1-5,8H,6-7H2,(H,20,21). The number of carbonyl (C=O) groups is 1. The lowest BCUT2D eigenvalue weighted by Gasteiger charge is -2.09. The lowest BCUT2D eigenvalue weighted by molar-refractivity contribution is 0.0943. The molecule has 0 atom stereocenters. The van der Waals surface area contributed by atoms with Crippen molar-refractivity contribution in [3.05, 3.63) is 64.4 Å². The Labute approximate surface area is 129 Å². The lowest BCUT2D eigenvalue weighted by atomic mass is 10.2. The highest BCUT2D eigenvalue weighted by Gasteiger charge is 2.15. The van der Waals surface area contributed by atoms with Crippen molar-refractivity contribution in [2.75, 3.05) is 13.2 Å². The highest BCUT2D eigenvalue weighted by Crippen LogP contribution is 2.19. The summed E-state index contributed by atoms with van der Waals surface area (Å²) < 4.78 is 44.6. The highest BCUT2D eigenvalue weighted by molar-refractivity contribution is 6.33. The van der Waals surface area contributed by atoms with E-state index in [0.717, 1.165) is 18.2 Å². The van der Waals surface area contributed by atoms with Crippen LogP contribution in [0.5, 0.6) is 5.75 Å². The van der Waals surface area contributed by atoms with Crippen LogP contribution in [0.1, 0.15) is 10.4 Å². The number of ether oxygens (including phenoxy) is 1. The Kier molecular flexibility index (Phi) is 5.27. The fourth-order valence-electron chi connectivity index (χ4n) is 1.72. The summed E-state index contributed by atoms with van der Waals surface area (Å²) in [5.41, 5.74) is -0.267. The van der Waals surface area contributed by atoms with E-state index in [1.807, 2.05) is 0 Å². The molecule has 0 radical (unpaired) electrons. The van der Waals surface area contributed by atoms with Gasteiger partial charge in [0.05, 0.1) is 17.1 Å². The molecule has 0 saturated carbocycles. The van der Waals surface area contributed by atoms with Crippen molar-refractivity contribution in [3.8, 4) is 5.75 Å². The minimum Gasteiger partial charge on any atom is -0.489 e. The average Bonchev–Trinajstić information content (AvgIpc) is 2.45.